The molecule has 0 aromatic carbocycles. The zero-order chi connectivity index (χ0) is 26.0. The minimum atomic E-state index is -1.88. The third kappa shape index (κ3) is 4.63. The van der Waals surface area contributed by atoms with Gasteiger partial charge in [0.2, 0.25) is 0 Å². The van der Waals surface area contributed by atoms with Gasteiger partial charge in [-0.25, -0.2) is 0 Å². The summed E-state index contributed by atoms with van der Waals surface area (Å²) >= 11 is 6.36. The number of alkyl halides is 1. The molecule has 0 aromatic heterocycles. The average Bonchev–Trinajstić information content (AvgIpc) is 3.10. The summed E-state index contributed by atoms with van der Waals surface area (Å²) in [5.74, 6) is 3.21. The van der Waals surface area contributed by atoms with Gasteiger partial charge >= 0.3 is 5.97 Å². The first-order valence-electron chi connectivity index (χ1n) is 14.0. The molecule has 0 amide bonds. The van der Waals surface area contributed by atoms with Crippen LogP contribution in [0, 0.1) is 40.4 Å². The predicted octanol–water partition coefficient (Wildman–Crippen LogP) is 8.15. The lowest BCUT2D eigenvalue weighted by molar-refractivity contribution is -0.156. The van der Waals surface area contributed by atoms with Gasteiger partial charge in [0, 0.05) is 24.1 Å². The van der Waals surface area contributed by atoms with Gasteiger partial charge in [-0.05, 0) is 85.4 Å². The lowest BCUT2D eigenvalue weighted by Crippen LogP contribution is -2.55. The number of rotatable bonds is 5. The number of esters is 1. The molecule has 0 aromatic rings. The van der Waals surface area contributed by atoms with Gasteiger partial charge < -0.3 is 9.16 Å². The van der Waals surface area contributed by atoms with E-state index >= 15 is 0 Å². The third-order valence-corrected chi connectivity index (χ3v) is 16.2. The monoisotopic (exact) mass is 520 g/mol. The Morgan fingerprint density at radius 3 is 2.49 bits per heavy atom. The Hall–Kier alpha value is -0.583. The topological polar surface area (TPSA) is 35.5 Å². The summed E-state index contributed by atoms with van der Waals surface area (Å²) in [6, 6.07) is 0. The number of hydrogen-bond acceptors (Lipinski definition) is 3. The van der Waals surface area contributed by atoms with Crippen LogP contribution in [0.15, 0.2) is 23.8 Å². The van der Waals surface area contributed by atoms with Crippen molar-refractivity contribution in [3.05, 3.63) is 23.8 Å². The molecule has 3 nitrogen and oxygen atoms in total. The molecule has 0 bridgehead atoms. The predicted molar refractivity (Wildman–Crippen MR) is 148 cm³/mol. The van der Waals surface area contributed by atoms with Crippen LogP contribution in [0.4, 0.5) is 0 Å². The average molecular weight is 521 g/mol. The molecule has 35 heavy (non-hydrogen) atoms. The molecule has 0 aliphatic heterocycles. The second kappa shape index (κ2) is 9.31. The van der Waals surface area contributed by atoms with Crippen molar-refractivity contribution in [2.24, 2.45) is 40.4 Å². The highest BCUT2D eigenvalue weighted by Gasteiger charge is 2.61. The van der Waals surface area contributed by atoms with Gasteiger partial charge in [-0.1, -0.05) is 59.3 Å². The van der Waals surface area contributed by atoms with Crippen LogP contribution < -0.4 is 0 Å². The summed E-state index contributed by atoms with van der Waals surface area (Å²) in [5, 5.41) is 0.181. The highest BCUT2D eigenvalue weighted by atomic mass is 35.5. The van der Waals surface area contributed by atoms with Crippen molar-refractivity contribution in [3.63, 3.8) is 0 Å². The van der Waals surface area contributed by atoms with Crippen LogP contribution in [0.5, 0.6) is 0 Å². The Morgan fingerprint density at radius 1 is 1.20 bits per heavy atom. The standard InChI is InChI=1S/C30H49ClO3Si/c1-19(18-31)23-10-11-24-27-25(13-15-30(23,24)7)29(6)14-12-22(34-35(8,9)28(3,4)5)16-21(29)17-26(27)33-20(2)32/h12,14,17,19,22-27H,10-11,13,15-16,18H2,1-9H3/t19-,22+,23-,24+,25+,26?,27+,29+,30-/m1/s1. The van der Waals surface area contributed by atoms with E-state index < -0.39 is 8.32 Å². The molecule has 2 saturated carbocycles. The molecular weight excluding hydrogens is 472 g/mol. The maximum absolute atomic E-state index is 12.3. The van der Waals surface area contributed by atoms with Crippen molar-refractivity contribution < 1.29 is 14.0 Å². The van der Waals surface area contributed by atoms with Crippen LogP contribution in [0.2, 0.25) is 18.1 Å². The Kier molecular flexibility index (Phi) is 7.30. The van der Waals surface area contributed by atoms with Gasteiger partial charge in [0.25, 0.3) is 0 Å². The van der Waals surface area contributed by atoms with E-state index in [1.165, 1.54) is 31.3 Å². The zero-order valence-electron chi connectivity index (χ0n) is 23.6. The Labute approximate surface area is 220 Å². The molecule has 2 fully saturated rings. The van der Waals surface area contributed by atoms with Crippen LogP contribution >= 0.6 is 11.6 Å². The molecule has 0 radical (unpaired) electrons. The minimum Gasteiger partial charge on any atom is -0.458 e. The lowest BCUT2D eigenvalue weighted by atomic mass is 9.47. The molecule has 0 N–H and O–H groups in total. The van der Waals surface area contributed by atoms with Crippen LogP contribution in [-0.2, 0) is 14.0 Å². The lowest BCUT2D eigenvalue weighted by Gasteiger charge is -2.58. The number of halogens is 1. The highest BCUT2D eigenvalue weighted by molar-refractivity contribution is 6.74. The van der Waals surface area contributed by atoms with Gasteiger partial charge in [-0.15, -0.1) is 11.6 Å². The van der Waals surface area contributed by atoms with Crippen molar-refractivity contribution in [2.45, 2.75) is 111 Å². The van der Waals surface area contributed by atoms with Gasteiger partial charge in [0.05, 0.1) is 6.10 Å². The van der Waals surface area contributed by atoms with Gasteiger partial charge in [0.1, 0.15) is 6.10 Å². The van der Waals surface area contributed by atoms with Crippen LogP contribution in [0.25, 0.3) is 0 Å². The van der Waals surface area contributed by atoms with Gasteiger partial charge in [0.15, 0.2) is 8.32 Å². The van der Waals surface area contributed by atoms with Crippen LogP contribution in [0.1, 0.15) is 80.6 Å². The normalized spacial score (nSPS) is 41.9. The first kappa shape index (κ1) is 27.5. The Morgan fingerprint density at radius 2 is 1.89 bits per heavy atom. The fraction of sp³-hybridized carbons (Fsp3) is 0.833. The number of fused-ring (bicyclic) bond motifs is 5. The van der Waals surface area contributed by atoms with Crippen LogP contribution in [-0.4, -0.2) is 32.4 Å². The Balaban J connectivity index is 1.68. The summed E-state index contributed by atoms with van der Waals surface area (Å²) in [6.45, 7) is 20.4. The molecule has 0 spiro atoms. The van der Waals surface area contributed by atoms with Crippen molar-refractivity contribution >= 4 is 25.9 Å². The van der Waals surface area contributed by atoms with E-state index in [9.17, 15) is 4.79 Å². The molecule has 4 aliphatic carbocycles. The van der Waals surface area contributed by atoms with E-state index in [0.29, 0.717) is 29.6 Å². The van der Waals surface area contributed by atoms with Crippen molar-refractivity contribution in [1.29, 1.82) is 0 Å². The summed E-state index contributed by atoms with van der Waals surface area (Å²) in [7, 11) is -1.88. The number of hydrogen-bond donors (Lipinski definition) is 0. The minimum absolute atomic E-state index is 0.0200. The SMILES string of the molecule is CC(=O)OC1C=C2C[C@@H](O[Si](C)(C)C(C)(C)C)C=C[C@]2(C)[C@H]2CC[C@]3(C)[C@@H]([C@H](C)CCl)CC[C@H]3[C@H]12. The fourth-order valence-corrected chi connectivity index (χ4v) is 9.70. The molecular formula is C30H49ClO3Si. The second-order valence-corrected chi connectivity index (χ2v) is 19.2. The summed E-state index contributed by atoms with van der Waals surface area (Å²) in [4.78, 5) is 12.3. The summed E-state index contributed by atoms with van der Waals surface area (Å²) < 4.78 is 12.9. The largest absolute Gasteiger partial charge is 0.458 e. The van der Waals surface area contributed by atoms with Crippen LogP contribution in [0.3, 0.4) is 0 Å². The van der Waals surface area contributed by atoms with E-state index in [0.717, 1.165) is 12.3 Å². The zero-order valence-corrected chi connectivity index (χ0v) is 25.4. The molecule has 0 heterocycles. The summed E-state index contributed by atoms with van der Waals surface area (Å²) in [5.41, 5.74) is 1.72. The maximum atomic E-state index is 12.3. The molecule has 4 aliphatic rings. The van der Waals surface area contributed by atoms with Crippen molar-refractivity contribution in [2.75, 3.05) is 5.88 Å². The second-order valence-electron chi connectivity index (χ2n) is 14.2. The maximum Gasteiger partial charge on any atom is 0.303 e. The fourth-order valence-electron chi connectivity index (χ4n) is 8.21. The molecule has 5 heteroatoms. The number of carbonyl (C=O) groups excluding carboxylic acids is 1. The van der Waals surface area contributed by atoms with E-state index in [-0.39, 0.29) is 34.0 Å². The number of allylic oxidation sites excluding steroid dienone is 1. The van der Waals surface area contributed by atoms with Gasteiger partial charge in [-0.3, -0.25) is 4.79 Å². The van der Waals surface area contributed by atoms with E-state index in [2.05, 4.69) is 72.9 Å². The molecule has 9 atom stereocenters. The smallest absolute Gasteiger partial charge is 0.303 e. The number of carbonyl (C=O) groups is 1. The molecule has 4 rings (SSSR count). The van der Waals surface area contributed by atoms with Crippen molar-refractivity contribution in [3.8, 4) is 0 Å². The van der Waals surface area contributed by atoms with Gasteiger partial charge in [-0.2, -0.15) is 0 Å². The van der Waals surface area contributed by atoms with E-state index in [1.54, 1.807) is 6.92 Å². The van der Waals surface area contributed by atoms with Crippen molar-refractivity contribution in [1.82, 2.24) is 0 Å². The first-order valence-corrected chi connectivity index (χ1v) is 17.4. The Bertz CT molecular complexity index is 889. The number of ether oxygens (including phenoxy) is 1. The molecule has 0 saturated heterocycles. The highest BCUT2D eigenvalue weighted by Crippen LogP contribution is 2.67. The molecule has 1 unspecified atom stereocenters. The first-order chi connectivity index (χ1) is 16.1. The van der Waals surface area contributed by atoms with E-state index in [4.69, 9.17) is 20.8 Å². The third-order valence-electron chi connectivity index (χ3n) is 11.2. The van der Waals surface area contributed by atoms with E-state index in [1.807, 2.05) is 0 Å². The summed E-state index contributed by atoms with van der Waals surface area (Å²) in [6.07, 6.45) is 13.0. The quantitative estimate of drug-likeness (QED) is 0.159. The molecule has 198 valence electrons.